The first-order valence-electron chi connectivity index (χ1n) is 8.06. The quantitative estimate of drug-likeness (QED) is 0.710. The summed E-state index contributed by atoms with van der Waals surface area (Å²) in [6.07, 6.45) is 0. The molecule has 0 saturated heterocycles. The van der Waals surface area contributed by atoms with Gasteiger partial charge in [-0.2, -0.15) is 0 Å². The third-order valence-electron chi connectivity index (χ3n) is 3.96. The summed E-state index contributed by atoms with van der Waals surface area (Å²) in [4.78, 5) is 0. The number of aromatic nitrogens is 2. The Hall–Kier alpha value is -3.15. The average molecular weight is 338 g/mol. The minimum absolute atomic E-state index is 0.245. The van der Waals surface area contributed by atoms with Crippen molar-refractivity contribution in [3.8, 4) is 40.1 Å². The van der Waals surface area contributed by atoms with Gasteiger partial charge in [-0.25, -0.2) is 4.68 Å². The number of ether oxygens (including phenoxy) is 4. The van der Waals surface area contributed by atoms with E-state index in [1.165, 1.54) is 0 Å². The molecule has 128 valence electrons. The second-order valence-electron chi connectivity index (χ2n) is 5.45. The molecular formula is C19H18N2O4. The Labute approximate surface area is 145 Å². The third kappa shape index (κ3) is 2.76. The molecule has 0 N–H and O–H groups in total. The van der Waals surface area contributed by atoms with Gasteiger partial charge >= 0.3 is 0 Å². The second kappa shape index (κ2) is 6.39. The van der Waals surface area contributed by atoms with Crippen molar-refractivity contribution >= 4 is 0 Å². The van der Waals surface area contributed by atoms with Crippen molar-refractivity contribution in [3.05, 3.63) is 48.5 Å². The van der Waals surface area contributed by atoms with Crippen LogP contribution in [-0.2, 0) is 0 Å². The number of methoxy groups -OCH3 is 1. The highest BCUT2D eigenvalue weighted by Gasteiger charge is 2.19. The van der Waals surface area contributed by atoms with Crippen LogP contribution in [0.2, 0.25) is 0 Å². The van der Waals surface area contributed by atoms with Crippen molar-refractivity contribution < 1.29 is 18.9 Å². The number of hydrogen-bond acceptors (Lipinski definition) is 5. The van der Waals surface area contributed by atoms with Gasteiger partial charge in [0.05, 0.1) is 19.4 Å². The van der Waals surface area contributed by atoms with Gasteiger partial charge in [-0.05, 0) is 37.3 Å². The summed E-state index contributed by atoms with van der Waals surface area (Å²) in [7, 11) is 1.64. The van der Waals surface area contributed by atoms with Crippen LogP contribution in [0.1, 0.15) is 6.92 Å². The summed E-state index contributed by atoms with van der Waals surface area (Å²) in [5.74, 6) is 2.76. The van der Waals surface area contributed by atoms with Gasteiger partial charge in [0.2, 0.25) is 12.7 Å². The third-order valence-corrected chi connectivity index (χ3v) is 3.96. The fourth-order valence-corrected chi connectivity index (χ4v) is 2.83. The SMILES string of the molecule is CCOc1cc(-c2ccc3c(c2)OCO3)n(-c2ccccc2OC)n1. The van der Waals surface area contributed by atoms with Crippen LogP contribution in [-0.4, -0.2) is 30.3 Å². The van der Waals surface area contributed by atoms with E-state index < -0.39 is 0 Å². The van der Waals surface area contributed by atoms with Crippen LogP contribution in [0.4, 0.5) is 0 Å². The summed E-state index contributed by atoms with van der Waals surface area (Å²) in [5.41, 5.74) is 2.67. The Morgan fingerprint density at radius 3 is 2.76 bits per heavy atom. The van der Waals surface area contributed by atoms with E-state index in [-0.39, 0.29) is 6.79 Å². The van der Waals surface area contributed by atoms with E-state index in [4.69, 9.17) is 18.9 Å². The maximum atomic E-state index is 5.61. The van der Waals surface area contributed by atoms with Crippen LogP contribution >= 0.6 is 0 Å². The van der Waals surface area contributed by atoms with Crippen molar-refractivity contribution in [2.75, 3.05) is 20.5 Å². The molecule has 0 saturated carbocycles. The molecule has 0 unspecified atom stereocenters. The average Bonchev–Trinajstić information content (AvgIpc) is 3.28. The van der Waals surface area contributed by atoms with E-state index in [1.54, 1.807) is 7.11 Å². The normalized spacial score (nSPS) is 12.2. The number of hydrogen-bond donors (Lipinski definition) is 0. The van der Waals surface area contributed by atoms with Gasteiger partial charge in [0.15, 0.2) is 11.5 Å². The summed E-state index contributed by atoms with van der Waals surface area (Å²) in [6.45, 7) is 2.72. The Kier molecular flexibility index (Phi) is 3.93. The molecule has 25 heavy (non-hydrogen) atoms. The predicted molar refractivity (Wildman–Crippen MR) is 92.8 cm³/mol. The van der Waals surface area contributed by atoms with E-state index in [9.17, 15) is 0 Å². The van der Waals surface area contributed by atoms with Gasteiger partial charge in [-0.15, -0.1) is 5.10 Å². The Morgan fingerprint density at radius 1 is 1.08 bits per heavy atom. The number of benzene rings is 2. The molecule has 3 aromatic rings. The van der Waals surface area contributed by atoms with Gasteiger partial charge < -0.3 is 18.9 Å². The van der Waals surface area contributed by atoms with Crippen LogP contribution in [0, 0.1) is 0 Å². The zero-order valence-electron chi connectivity index (χ0n) is 14.1. The molecule has 0 fully saturated rings. The highest BCUT2D eigenvalue weighted by atomic mass is 16.7. The Bertz CT molecular complexity index is 904. The summed E-state index contributed by atoms with van der Waals surface area (Å²) in [6, 6.07) is 15.5. The largest absolute Gasteiger partial charge is 0.494 e. The smallest absolute Gasteiger partial charge is 0.233 e. The minimum atomic E-state index is 0.245. The lowest BCUT2D eigenvalue weighted by atomic mass is 10.1. The van der Waals surface area contributed by atoms with Gasteiger partial charge in [-0.3, -0.25) is 0 Å². The van der Waals surface area contributed by atoms with Crippen molar-refractivity contribution in [2.24, 2.45) is 0 Å². The van der Waals surface area contributed by atoms with Crippen LogP contribution in [0.3, 0.4) is 0 Å². The summed E-state index contributed by atoms with van der Waals surface area (Å²) in [5, 5.41) is 4.59. The number of nitrogens with zero attached hydrogens (tertiary/aromatic N) is 2. The zero-order valence-corrected chi connectivity index (χ0v) is 14.1. The van der Waals surface area contributed by atoms with Crippen molar-refractivity contribution in [1.82, 2.24) is 9.78 Å². The lowest BCUT2D eigenvalue weighted by Gasteiger charge is -2.11. The van der Waals surface area contributed by atoms with Crippen molar-refractivity contribution in [3.63, 3.8) is 0 Å². The summed E-state index contributed by atoms with van der Waals surface area (Å²) < 4.78 is 23.8. The minimum Gasteiger partial charge on any atom is -0.494 e. The van der Waals surface area contributed by atoms with Crippen molar-refractivity contribution in [2.45, 2.75) is 6.92 Å². The second-order valence-corrected chi connectivity index (χ2v) is 5.45. The number of para-hydroxylation sites is 2. The lowest BCUT2D eigenvalue weighted by Crippen LogP contribution is -2.02. The molecule has 0 bridgehead atoms. The van der Waals surface area contributed by atoms with Gasteiger partial charge in [0, 0.05) is 11.6 Å². The molecular weight excluding hydrogens is 320 g/mol. The molecule has 0 radical (unpaired) electrons. The number of fused-ring (bicyclic) bond motifs is 1. The topological polar surface area (TPSA) is 54.7 Å². The maximum Gasteiger partial charge on any atom is 0.233 e. The highest BCUT2D eigenvalue weighted by Crippen LogP contribution is 2.38. The van der Waals surface area contributed by atoms with E-state index in [0.717, 1.165) is 34.2 Å². The fraction of sp³-hybridized carbons (Fsp3) is 0.211. The molecule has 1 aliphatic rings. The van der Waals surface area contributed by atoms with E-state index in [0.29, 0.717) is 12.5 Å². The Balaban J connectivity index is 1.87. The molecule has 2 aromatic carbocycles. The number of rotatable bonds is 5. The highest BCUT2D eigenvalue weighted by molar-refractivity contribution is 5.68. The molecule has 6 heteroatoms. The molecule has 1 aromatic heterocycles. The first kappa shape index (κ1) is 15.4. The van der Waals surface area contributed by atoms with Crippen LogP contribution in [0.25, 0.3) is 16.9 Å². The van der Waals surface area contributed by atoms with E-state index in [1.807, 2.05) is 60.1 Å². The van der Waals surface area contributed by atoms with Gasteiger partial charge in [0.1, 0.15) is 11.4 Å². The molecule has 0 atom stereocenters. The predicted octanol–water partition coefficient (Wildman–Crippen LogP) is 3.68. The molecule has 6 nitrogen and oxygen atoms in total. The molecule has 2 heterocycles. The van der Waals surface area contributed by atoms with Gasteiger partial charge in [-0.1, -0.05) is 12.1 Å². The molecule has 4 rings (SSSR count). The summed E-state index contributed by atoms with van der Waals surface area (Å²) >= 11 is 0. The van der Waals surface area contributed by atoms with E-state index in [2.05, 4.69) is 5.10 Å². The Morgan fingerprint density at radius 2 is 1.92 bits per heavy atom. The van der Waals surface area contributed by atoms with Crippen LogP contribution in [0.15, 0.2) is 48.5 Å². The van der Waals surface area contributed by atoms with Crippen LogP contribution in [0.5, 0.6) is 23.1 Å². The fourth-order valence-electron chi connectivity index (χ4n) is 2.83. The molecule has 1 aliphatic heterocycles. The standard InChI is InChI=1S/C19H18N2O4/c1-3-23-19-11-15(13-8-9-17-18(10-13)25-12-24-17)21(20-19)14-6-4-5-7-16(14)22-2/h4-11H,3,12H2,1-2H3. The first-order valence-corrected chi connectivity index (χ1v) is 8.06. The maximum absolute atomic E-state index is 5.61. The van der Waals surface area contributed by atoms with E-state index >= 15 is 0 Å². The monoisotopic (exact) mass is 338 g/mol. The first-order chi connectivity index (χ1) is 12.3. The molecule has 0 spiro atoms. The van der Waals surface area contributed by atoms with Crippen molar-refractivity contribution in [1.29, 1.82) is 0 Å². The van der Waals surface area contributed by atoms with Gasteiger partial charge in [0.25, 0.3) is 0 Å². The van der Waals surface area contributed by atoms with Crippen LogP contribution < -0.4 is 18.9 Å². The zero-order chi connectivity index (χ0) is 17.2. The lowest BCUT2D eigenvalue weighted by molar-refractivity contribution is 0.174. The molecule has 0 aliphatic carbocycles. The molecule has 0 amide bonds.